The van der Waals surface area contributed by atoms with Gasteiger partial charge in [-0.15, -0.1) is 39.9 Å². The number of H-pyrrole nitrogens is 3. The van der Waals surface area contributed by atoms with E-state index in [0.717, 1.165) is 144 Å². The van der Waals surface area contributed by atoms with E-state index in [1.54, 1.807) is 36.4 Å². The number of nitrogen functional groups attached to an aromatic ring is 1. The van der Waals surface area contributed by atoms with Crippen LogP contribution in [0.5, 0.6) is 0 Å². The molecule has 12 rings (SSSR count). The van der Waals surface area contributed by atoms with Crippen LogP contribution in [0.25, 0.3) is 23.3 Å². The van der Waals surface area contributed by atoms with Crippen LogP contribution in [0, 0.1) is 72.9 Å². The molecule has 5 amide bonds. The van der Waals surface area contributed by atoms with Gasteiger partial charge in [0.05, 0.1) is 64.3 Å². The van der Waals surface area contributed by atoms with Crippen LogP contribution >= 0.6 is 34.8 Å². The van der Waals surface area contributed by atoms with E-state index in [9.17, 15) is 61.6 Å². The summed E-state index contributed by atoms with van der Waals surface area (Å²) in [6.45, 7) is 37.9. The van der Waals surface area contributed by atoms with Crippen molar-refractivity contribution in [1.29, 1.82) is 0 Å². The fourth-order valence-electron chi connectivity index (χ4n) is 11.5. The van der Waals surface area contributed by atoms with Gasteiger partial charge in [0.25, 0.3) is 30.1 Å². The molecule has 0 spiro atoms. The van der Waals surface area contributed by atoms with E-state index < -0.39 is 34.7 Å². The molecule has 0 bridgehead atoms. The van der Waals surface area contributed by atoms with Crippen molar-refractivity contribution in [2.24, 2.45) is 4.99 Å². The summed E-state index contributed by atoms with van der Waals surface area (Å²) in [5.41, 5.74) is 17.9. The number of hydrogen-bond donors (Lipinski definition) is 8. The third kappa shape index (κ3) is 58.0. The van der Waals surface area contributed by atoms with E-state index >= 15 is 0 Å². The summed E-state index contributed by atoms with van der Waals surface area (Å²) in [7, 11) is 13.6. The van der Waals surface area contributed by atoms with E-state index in [2.05, 4.69) is 143 Å². The zero-order chi connectivity index (χ0) is 109. The average Bonchev–Trinajstić information content (AvgIpc) is 1.65. The number of aromatic nitrogens is 16. The number of anilines is 1. The number of carboxylic acid groups (broad SMARTS) is 1. The maximum Gasteiger partial charge on any atom is 2.00 e. The summed E-state index contributed by atoms with van der Waals surface area (Å²) in [4.78, 5) is 143. The quantitative estimate of drug-likeness (QED) is 0.00553. The molecular formula is C90H140BBrCl3F3MgN24Na3O23. The number of carbonyl (C=O) groups is 10. The van der Waals surface area contributed by atoms with Gasteiger partial charge in [-0.25, -0.2) is 29.8 Å². The number of carbonyl (C=O) groups excluding carboxylic acids is 9. The maximum absolute atomic E-state index is 12.4. The molecule has 149 heavy (non-hydrogen) atoms. The zero-order valence-electron chi connectivity index (χ0n) is 92.8. The number of nitrogens with two attached hydrogens (primary N) is 1. The number of alkyl halides is 6. The molecule has 0 unspecified atom stereocenters. The maximum atomic E-state index is 12.4. The predicted molar refractivity (Wildman–Crippen MR) is 542 cm³/mol. The van der Waals surface area contributed by atoms with Crippen molar-refractivity contribution in [3.05, 3.63) is 182 Å². The van der Waals surface area contributed by atoms with Crippen LogP contribution in [-0.2, 0) is 72.5 Å². The number of nitrogens with one attached hydrogen (secondary N) is 4. The topological polar surface area (TPSA) is 585 Å². The molecular weight excluding hydrogens is 2130 g/mol. The monoisotopic (exact) mass is 2270 g/mol. The number of rotatable bonds is 24. The van der Waals surface area contributed by atoms with Crippen molar-refractivity contribution in [1.82, 2.24) is 104 Å². The van der Waals surface area contributed by atoms with Crippen LogP contribution in [0.4, 0.5) is 29.6 Å². The molecule has 12 heterocycles. The molecule has 10 aromatic heterocycles. The number of aliphatic carboxylic acids is 1. The molecule has 1 fully saturated rings. The van der Waals surface area contributed by atoms with Crippen LogP contribution in [0.1, 0.15) is 207 Å². The van der Waals surface area contributed by atoms with Crippen molar-refractivity contribution in [3.63, 3.8) is 0 Å². The molecule has 0 saturated carbocycles. The number of carboxylic acids is 1. The first kappa shape index (κ1) is 158. The summed E-state index contributed by atoms with van der Waals surface area (Å²) < 4.78 is 55.5. The van der Waals surface area contributed by atoms with Crippen molar-refractivity contribution in [2.75, 3.05) is 114 Å². The Labute approximate surface area is 979 Å². The van der Waals surface area contributed by atoms with Crippen molar-refractivity contribution in [3.8, 4) is 23.3 Å². The number of aliphatic hydroxyl groups excluding tert-OH is 2. The smallest absolute Gasteiger partial charge is 1.00 e. The van der Waals surface area contributed by atoms with Crippen LogP contribution < -0.4 is 122 Å². The summed E-state index contributed by atoms with van der Waals surface area (Å²) in [5.74, 6) is -0.244. The Morgan fingerprint density at radius 1 is 0.584 bits per heavy atom. The molecule has 9 N–H and O–H groups in total. The fourth-order valence-corrected chi connectivity index (χ4v) is 11.6. The first-order valence-electron chi connectivity index (χ1n) is 43.2. The number of ketones is 3. The standard InChI is InChI=1S/C15H22N4O2.C14H19N3O.C13H16N4.C12H16N4O2.C7H14ClNO2.C6H8N4O4.C6H10N4O2.C6H10O2.C4H8O.C2HF3O2.CH2Cl2.CH2O3.2CH4O.CH3.B.BrH.Mg.3Na.2H/c1-6-9-18-13(15(20)17(4)21-5)10-14(16-18)19-11(2)7-8-12(19)3;1-5-8-16-13(12(4)18)9-14(15-16)17-10(2)6-7-11(17)3;1-9-4-5-10(2)17(9)13-8-12-11(3)14-6-7-16(12)15-13;1-8-5-6-9(2)16(8)11-7-10(13-14-11)12(17)15(3)18-4;1-7(2,3)11-6(10)9-5-4-8;1-9(14-2)6(11)4-3-5(8-7-4)10(12)13;1-10(12-2)6(11)4-3-5(7)9-8-4;1-5(7)3-4-6(2)8;1-2-4-5-3-1;3-2(4,5)1(6)7;2-1-3;2-1-4-3;2*1-2;;;;;;;;;/h7-8,10H,6,9H2,1-5H3;6-7,9H,5,8H2,1-4H3;4-5,8H,6-7H2,1-3H3;5-7H,1-4H3,(H,13,14);4-5H2,1-3H3,(H,9,10);3H,1-2H3,(H,7,8);3H,1-2H3,(H3,7,8,9);3-4H2,1-2H3;1-4H2;(H,6,7);1H2;1,3H;2*2H,1H3;1H3;;1H;;;;;;/q;;;;;;;;;;;;;;-1;;;+2;3*+1;2*-1/p-2. The van der Waals surface area contributed by atoms with E-state index in [0.29, 0.717) is 60.4 Å². The first-order chi connectivity index (χ1) is 66.8. The van der Waals surface area contributed by atoms with Gasteiger partial charge in [-0.1, -0.05) is 18.9 Å². The number of halogens is 7. The van der Waals surface area contributed by atoms with Crippen molar-refractivity contribution in [2.45, 2.75) is 188 Å². The molecule has 3 radical (unpaired) electrons. The summed E-state index contributed by atoms with van der Waals surface area (Å²) in [5, 5.41) is 79.2. The van der Waals surface area contributed by atoms with Crippen LogP contribution in [0.2, 0.25) is 0 Å². The van der Waals surface area contributed by atoms with Gasteiger partial charge >= 0.3 is 136 Å². The summed E-state index contributed by atoms with van der Waals surface area (Å²) in [6.07, 6.45) is -0.282. The van der Waals surface area contributed by atoms with Gasteiger partial charge in [0.2, 0.25) is 0 Å². The Bertz CT molecular complexity index is 5480. The minimum Gasteiger partial charge on any atom is -1.00 e. The van der Waals surface area contributed by atoms with E-state index in [4.69, 9.17) is 89.9 Å². The Balaban J connectivity index is -0.000000160. The second-order valence-electron chi connectivity index (χ2n) is 30.3. The molecule has 1 saturated heterocycles. The number of aliphatic hydroxyl groups is 2. The van der Waals surface area contributed by atoms with E-state index in [1.807, 2.05) is 115 Å². The molecule has 0 aliphatic carbocycles. The number of fused-ring (bicyclic) bond motifs is 1. The number of aromatic amines is 3. The van der Waals surface area contributed by atoms with Gasteiger partial charge < -0.3 is 111 Å². The number of nitro groups is 1. The molecule has 0 aromatic carbocycles. The Hall–Kier alpha value is -9.00. The average molecular weight is 2270 g/mol. The molecule has 2 aliphatic rings. The third-order valence-corrected chi connectivity index (χ3v) is 18.5. The normalized spacial score (nSPS) is 10.5. The fraction of sp³-hybridized carbons (Fsp3) is 0.489. The Kier molecular flexibility index (Phi) is 89.4. The molecule has 0 atom stereocenters. The number of ether oxygens (including phenoxy) is 2. The number of nitrogens with zero attached hydrogens (tertiary/aromatic N) is 19. The van der Waals surface area contributed by atoms with Gasteiger partial charge in [0.1, 0.15) is 45.8 Å². The zero-order valence-corrected chi connectivity index (χ0v) is 102. The molecule has 47 nitrogen and oxygen atoms in total. The number of Topliss-reactive ketones (excluding diaryl/α,β-unsaturated/α-hetero) is 3. The number of alkyl carbamates (subject to hydrolysis) is 1. The second kappa shape index (κ2) is 84.5. The van der Waals surface area contributed by atoms with Gasteiger partial charge in [-0.2, -0.15) is 38.7 Å². The SMILES string of the molecule is C1CCOC1.CC(=O)CCC(C)=O.CC(C)(C)OC(=O)NCCCl.CC1=NCCn2nc(-n3c(C)ccc3C)cc21.CCCn1nc(-n2c(C)ccc2C)cc1C(=O)N(C)OC.CCCn1nc(-n2c(C)ccc2C)cc1C(C)=O.CO.CO.CON(C)C(=O)c1cc(-n2c(C)ccc2C)n[nH]1.CON(C)C(=O)c1cc(N)n[nH]1.CON(C)C(=O)c1cc([N+](=O)[O-])[nH]n1.ClCCl.O=C(O)C(F)(F)F.O=CO[O-].[B].[Br-].[CH3-].[H-].[H-].[Mg+2].[Na+].[Na+].[Na+]. The predicted octanol–water partition coefficient (Wildman–Crippen LogP) is -0.495. The summed E-state index contributed by atoms with van der Waals surface area (Å²) in [6, 6.07) is 26.4. The second-order valence-corrected chi connectivity index (χ2v) is 31.5. The Morgan fingerprint density at radius 2 is 0.933 bits per heavy atom. The minimum absolute atomic E-state index is 0. The molecule has 59 heteroatoms. The largest absolute Gasteiger partial charge is 2.00 e. The number of hydrogen-bond acceptors (Lipinski definition) is 30. The van der Waals surface area contributed by atoms with E-state index in [-0.39, 0.29) is 212 Å². The van der Waals surface area contributed by atoms with Gasteiger partial charge in [0.15, 0.2) is 34.7 Å². The number of aryl methyl sites for hydroxylation is 10. The van der Waals surface area contributed by atoms with E-state index in [1.165, 1.54) is 91.7 Å². The number of hydroxylamine groups is 8. The number of aliphatic imine (C=N–C) groups is 1. The summed E-state index contributed by atoms with van der Waals surface area (Å²) >= 11 is 14.9. The van der Waals surface area contributed by atoms with Gasteiger partial charge in [-0.05, 0) is 176 Å². The number of amides is 5. The van der Waals surface area contributed by atoms with Crippen molar-refractivity contribution < 1.29 is 229 Å². The van der Waals surface area contributed by atoms with Crippen LogP contribution in [0.3, 0.4) is 0 Å². The molecule has 815 valence electrons. The molecule has 2 aliphatic heterocycles. The minimum atomic E-state index is -5.08. The first-order valence-corrected chi connectivity index (χ1v) is 44.8. The van der Waals surface area contributed by atoms with Crippen LogP contribution in [-0.4, -0.2) is 336 Å². The van der Waals surface area contributed by atoms with Crippen molar-refractivity contribution >= 4 is 143 Å². The Morgan fingerprint density at radius 3 is 1.23 bits per heavy atom. The van der Waals surface area contributed by atoms with Gasteiger partial charge in [-0.3, -0.25) is 77.4 Å². The van der Waals surface area contributed by atoms with Gasteiger partial charge in [0, 0.05) is 185 Å². The molecule has 10 aromatic rings. The third-order valence-electron chi connectivity index (χ3n) is 18.3. The van der Waals surface area contributed by atoms with Crippen LogP contribution in [0.15, 0.2) is 89.9 Å².